The second-order valence-electron chi connectivity index (χ2n) is 13.6. The number of furan rings is 1. The van der Waals surface area contributed by atoms with Gasteiger partial charge in [0.2, 0.25) is 5.95 Å². The van der Waals surface area contributed by atoms with E-state index < -0.39 is 0 Å². The third-order valence-electron chi connectivity index (χ3n) is 10.8. The van der Waals surface area contributed by atoms with Gasteiger partial charge in [0.05, 0.1) is 11.0 Å². The van der Waals surface area contributed by atoms with Crippen LogP contribution in [0.5, 0.6) is 0 Å². The maximum atomic E-state index is 6.31. The van der Waals surface area contributed by atoms with Crippen molar-refractivity contribution in [3.05, 3.63) is 158 Å². The zero-order chi connectivity index (χ0) is 33.9. The zero-order valence-electron chi connectivity index (χ0n) is 27.7. The molecule has 0 fully saturated rings. The molecule has 5 heteroatoms. The van der Waals surface area contributed by atoms with Crippen LogP contribution in [0.3, 0.4) is 0 Å². The van der Waals surface area contributed by atoms with Gasteiger partial charge in [0.15, 0.2) is 11.6 Å². The largest absolute Gasteiger partial charge is 0.456 e. The van der Waals surface area contributed by atoms with Crippen LogP contribution in [0.15, 0.2) is 162 Å². The lowest BCUT2D eigenvalue weighted by Crippen LogP contribution is -2.06. The molecule has 0 saturated carbocycles. The quantitative estimate of drug-likeness (QED) is 0.139. The molecule has 5 nitrogen and oxygen atoms in total. The van der Waals surface area contributed by atoms with Gasteiger partial charge in [0.1, 0.15) is 11.2 Å². The third kappa shape index (κ3) is 3.74. The molecule has 3 heterocycles. The molecule has 0 saturated heterocycles. The van der Waals surface area contributed by atoms with Gasteiger partial charge in [-0.1, -0.05) is 127 Å². The minimum Gasteiger partial charge on any atom is -0.456 e. The molecule has 0 unspecified atom stereocenters. The number of benzene rings is 9. The van der Waals surface area contributed by atoms with Gasteiger partial charge in [-0.2, -0.15) is 9.97 Å². The summed E-state index contributed by atoms with van der Waals surface area (Å²) in [7, 11) is 0. The van der Waals surface area contributed by atoms with E-state index in [1.54, 1.807) is 0 Å². The van der Waals surface area contributed by atoms with Crippen LogP contribution in [-0.4, -0.2) is 19.5 Å². The zero-order valence-corrected chi connectivity index (χ0v) is 27.7. The maximum Gasteiger partial charge on any atom is 0.238 e. The number of hydrogen-bond acceptors (Lipinski definition) is 4. The monoisotopic (exact) mass is 662 g/mol. The molecule has 0 bridgehead atoms. The Balaban J connectivity index is 1.25. The topological polar surface area (TPSA) is 56.7 Å². The molecule has 3 aromatic heterocycles. The lowest BCUT2D eigenvalue weighted by molar-refractivity contribution is 0.669. The molecule has 0 aliphatic heterocycles. The molecule has 0 aliphatic rings. The third-order valence-corrected chi connectivity index (χ3v) is 10.8. The van der Waals surface area contributed by atoms with Crippen LogP contribution in [0.4, 0.5) is 0 Å². The molecular weight excluding hydrogens is 637 g/mol. The standard InChI is InChI=1S/C47H26N4O/c1-3-11-27(12-4-1)31-25-35-32-17-9-15-28-21-22-29-23-24-36-44(41(29)40(28)32)43(35)37(26-31)51(36)47-49-45(30-13-5-2-6-14-30)48-46(50-47)34-18-10-20-39-42(34)33-16-7-8-19-38(33)52-39/h1-26H. The Labute approximate surface area is 296 Å². The number of aromatic nitrogens is 4. The van der Waals surface area contributed by atoms with E-state index in [4.69, 9.17) is 19.4 Å². The smallest absolute Gasteiger partial charge is 0.238 e. The minimum absolute atomic E-state index is 0.572. The molecule has 52 heavy (non-hydrogen) atoms. The Hall–Kier alpha value is -7.11. The Morgan fingerprint density at radius 1 is 0.385 bits per heavy atom. The van der Waals surface area contributed by atoms with Crippen molar-refractivity contribution >= 4 is 76.1 Å². The summed E-state index contributed by atoms with van der Waals surface area (Å²) in [6.45, 7) is 0. The van der Waals surface area contributed by atoms with Crippen molar-refractivity contribution in [3.63, 3.8) is 0 Å². The molecule has 0 radical (unpaired) electrons. The number of nitrogens with zero attached hydrogens (tertiary/aromatic N) is 4. The molecule has 0 N–H and O–H groups in total. The Morgan fingerprint density at radius 3 is 1.94 bits per heavy atom. The minimum atomic E-state index is 0.572. The second kappa shape index (κ2) is 10.2. The van der Waals surface area contributed by atoms with Gasteiger partial charge in [-0.3, -0.25) is 4.57 Å². The van der Waals surface area contributed by atoms with Gasteiger partial charge in [0.25, 0.3) is 0 Å². The first kappa shape index (κ1) is 27.7. The van der Waals surface area contributed by atoms with E-state index in [0.717, 1.165) is 55.2 Å². The van der Waals surface area contributed by atoms with Gasteiger partial charge in [-0.25, -0.2) is 4.98 Å². The number of hydrogen-bond donors (Lipinski definition) is 0. The Bertz CT molecular complexity index is 3340. The van der Waals surface area contributed by atoms with Crippen molar-refractivity contribution < 1.29 is 4.42 Å². The van der Waals surface area contributed by atoms with E-state index in [2.05, 4.69) is 114 Å². The summed E-state index contributed by atoms with van der Waals surface area (Å²) < 4.78 is 8.57. The van der Waals surface area contributed by atoms with Gasteiger partial charge in [-0.05, 0) is 68.4 Å². The van der Waals surface area contributed by atoms with Crippen molar-refractivity contribution in [3.8, 4) is 39.9 Å². The van der Waals surface area contributed by atoms with Crippen molar-refractivity contribution in [1.29, 1.82) is 0 Å². The van der Waals surface area contributed by atoms with Crippen LogP contribution in [0.1, 0.15) is 0 Å². The molecule has 0 spiro atoms. The maximum absolute atomic E-state index is 6.31. The van der Waals surface area contributed by atoms with Crippen LogP contribution in [0, 0.1) is 0 Å². The fourth-order valence-corrected chi connectivity index (χ4v) is 8.53. The molecule has 240 valence electrons. The van der Waals surface area contributed by atoms with Crippen LogP contribution >= 0.6 is 0 Å². The first-order valence-electron chi connectivity index (χ1n) is 17.5. The first-order chi connectivity index (χ1) is 25.8. The predicted molar refractivity (Wildman–Crippen MR) is 213 cm³/mol. The van der Waals surface area contributed by atoms with E-state index >= 15 is 0 Å². The molecule has 12 aromatic rings. The van der Waals surface area contributed by atoms with Gasteiger partial charge in [-0.15, -0.1) is 0 Å². The SMILES string of the molecule is c1ccc(-c2cc3c4cccc5ccc6ccc7c(c6c54)c3c(c2)n7-c2nc(-c3ccccc3)nc(-c3cccc4oc5ccccc5c34)n2)cc1. The van der Waals surface area contributed by atoms with Crippen LogP contribution in [-0.2, 0) is 0 Å². The number of rotatable bonds is 4. The summed E-state index contributed by atoms with van der Waals surface area (Å²) >= 11 is 0. The number of fused-ring (bicyclic) bond motifs is 4. The highest BCUT2D eigenvalue weighted by Gasteiger charge is 2.25. The van der Waals surface area contributed by atoms with Gasteiger partial charge >= 0.3 is 0 Å². The Kier molecular flexibility index (Phi) is 5.44. The highest BCUT2D eigenvalue weighted by atomic mass is 16.3. The van der Waals surface area contributed by atoms with E-state index in [9.17, 15) is 0 Å². The number of para-hydroxylation sites is 1. The summed E-state index contributed by atoms with van der Waals surface area (Å²) in [4.78, 5) is 15.8. The lowest BCUT2D eigenvalue weighted by Gasteiger charge is -2.14. The predicted octanol–water partition coefficient (Wildman–Crippen LogP) is 12.2. The summed E-state index contributed by atoms with van der Waals surface area (Å²) in [5, 5.41) is 12.0. The molecule has 0 aliphatic carbocycles. The molecule has 0 atom stereocenters. The highest BCUT2D eigenvalue weighted by molar-refractivity contribution is 6.40. The summed E-state index contributed by atoms with van der Waals surface area (Å²) in [6, 6.07) is 55.4. The van der Waals surface area contributed by atoms with Crippen molar-refractivity contribution in [1.82, 2.24) is 19.5 Å². The first-order valence-corrected chi connectivity index (χ1v) is 17.5. The molecule has 9 aromatic carbocycles. The second-order valence-corrected chi connectivity index (χ2v) is 13.6. The van der Waals surface area contributed by atoms with E-state index in [-0.39, 0.29) is 0 Å². The molecule has 0 amide bonds. The van der Waals surface area contributed by atoms with E-state index in [0.29, 0.717) is 17.6 Å². The van der Waals surface area contributed by atoms with E-state index in [1.807, 2.05) is 48.5 Å². The summed E-state index contributed by atoms with van der Waals surface area (Å²) in [5.41, 5.74) is 7.90. The van der Waals surface area contributed by atoms with E-state index in [1.165, 1.54) is 43.1 Å². The van der Waals surface area contributed by atoms with Gasteiger partial charge < -0.3 is 4.42 Å². The van der Waals surface area contributed by atoms with Crippen LogP contribution in [0.25, 0.3) is 116 Å². The highest BCUT2D eigenvalue weighted by Crippen LogP contribution is 2.48. The summed E-state index contributed by atoms with van der Waals surface area (Å²) in [6.07, 6.45) is 0. The average Bonchev–Trinajstić information content (AvgIpc) is 3.77. The Morgan fingerprint density at radius 2 is 1.08 bits per heavy atom. The summed E-state index contributed by atoms with van der Waals surface area (Å²) in [5.74, 6) is 1.78. The molecule has 12 rings (SSSR count). The van der Waals surface area contributed by atoms with Crippen LogP contribution in [0.2, 0.25) is 0 Å². The van der Waals surface area contributed by atoms with Crippen molar-refractivity contribution in [2.75, 3.05) is 0 Å². The fourth-order valence-electron chi connectivity index (χ4n) is 8.53. The molecular formula is C47H26N4O. The lowest BCUT2D eigenvalue weighted by atomic mass is 9.88. The van der Waals surface area contributed by atoms with Crippen molar-refractivity contribution in [2.24, 2.45) is 0 Å². The average molecular weight is 663 g/mol. The fraction of sp³-hybridized carbons (Fsp3) is 0. The normalized spacial score (nSPS) is 12.2. The van der Waals surface area contributed by atoms with Gasteiger partial charge in [0, 0.05) is 38.1 Å². The van der Waals surface area contributed by atoms with Crippen molar-refractivity contribution in [2.45, 2.75) is 0 Å². The van der Waals surface area contributed by atoms with Crippen LogP contribution < -0.4 is 0 Å².